The van der Waals surface area contributed by atoms with Gasteiger partial charge in [-0.25, -0.2) is 9.69 Å². The molecular formula is C27H23ClN4O7. The van der Waals surface area contributed by atoms with Crippen molar-refractivity contribution in [3.63, 3.8) is 0 Å². The average molecular weight is 551 g/mol. The molecule has 12 heteroatoms. The van der Waals surface area contributed by atoms with Gasteiger partial charge in [-0.3, -0.25) is 19.7 Å². The second kappa shape index (κ2) is 11.7. The highest BCUT2D eigenvalue weighted by atomic mass is 35.5. The number of nitro benzene ring substituents is 1. The van der Waals surface area contributed by atoms with Gasteiger partial charge in [0.05, 0.1) is 17.1 Å². The number of non-ortho nitro benzene ring substituents is 1. The summed E-state index contributed by atoms with van der Waals surface area (Å²) in [6.45, 7) is 1.52. The van der Waals surface area contributed by atoms with E-state index in [1.807, 2.05) is 19.1 Å². The number of imide groups is 1. The maximum Gasteiger partial charge on any atom is 0.329 e. The molecule has 1 aliphatic heterocycles. The maximum atomic E-state index is 12.8. The summed E-state index contributed by atoms with van der Waals surface area (Å²) in [5.74, 6) is -0.700. The first-order valence-corrected chi connectivity index (χ1v) is 12.0. The van der Waals surface area contributed by atoms with Crippen LogP contribution in [-0.2, 0) is 16.2 Å². The SMILES string of the molecule is COc1cc(/C=C2/NC(=O)N(CC(=O)Nc3ccc(C)cc3)C2=O)cc(Cl)c1OCc1ccc([N+](=O)[O-])cc1. The van der Waals surface area contributed by atoms with Crippen molar-refractivity contribution in [3.8, 4) is 11.5 Å². The van der Waals surface area contributed by atoms with E-state index < -0.39 is 29.3 Å². The molecule has 0 unspecified atom stereocenters. The average Bonchev–Trinajstić information content (AvgIpc) is 3.16. The number of halogens is 1. The number of hydrogen-bond acceptors (Lipinski definition) is 7. The van der Waals surface area contributed by atoms with Crippen molar-refractivity contribution in [1.82, 2.24) is 10.2 Å². The van der Waals surface area contributed by atoms with Crippen LogP contribution < -0.4 is 20.1 Å². The second-order valence-corrected chi connectivity index (χ2v) is 8.95. The van der Waals surface area contributed by atoms with Crippen LogP contribution in [0.2, 0.25) is 5.02 Å². The molecule has 0 saturated carbocycles. The van der Waals surface area contributed by atoms with E-state index in [0.29, 0.717) is 16.8 Å². The number of aryl methyl sites for hydroxylation is 1. The van der Waals surface area contributed by atoms with Gasteiger partial charge in [-0.15, -0.1) is 0 Å². The second-order valence-electron chi connectivity index (χ2n) is 8.54. The van der Waals surface area contributed by atoms with Crippen LogP contribution in [0.1, 0.15) is 16.7 Å². The number of carbonyl (C=O) groups excluding carboxylic acids is 3. The van der Waals surface area contributed by atoms with E-state index >= 15 is 0 Å². The number of carbonyl (C=O) groups is 3. The maximum absolute atomic E-state index is 12.8. The van der Waals surface area contributed by atoms with Gasteiger partial charge in [0.25, 0.3) is 11.6 Å². The topological polar surface area (TPSA) is 140 Å². The van der Waals surface area contributed by atoms with Crippen molar-refractivity contribution in [3.05, 3.63) is 98.2 Å². The summed E-state index contributed by atoms with van der Waals surface area (Å²) in [4.78, 5) is 48.8. The van der Waals surface area contributed by atoms with E-state index in [-0.39, 0.29) is 34.5 Å². The van der Waals surface area contributed by atoms with Gasteiger partial charge in [-0.05, 0) is 60.5 Å². The summed E-state index contributed by atoms with van der Waals surface area (Å²) in [6, 6.07) is 15.3. The first kappa shape index (κ1) is 27.1. The quantitative estimate of drug-likeness (QED) is 0.171. The Bertz CT molecular complexity index is 1470. The number of nitrogens with zero attached hydrogens (tertiary/aromatic N) is 2. The Morgan fingerprint density at radius 3 is 2.46 bits per heavy atom. The van der Waals surface area contributed by atoms with Crippen LogP contribution in [0.15, 0.2) is 66.4 Å². The molecule has 11 nitrogen and oxygen atoms in total. The molecule has 39 heavy (non-hydrogen) atoms. The molecule has 0 aliphatic carbocycles. The van der Waals surface area contributed by atoms with E-state index in [1.165, 1.54) is 31.4 Å². The van der Waals surface area contributed by atoms with Crippen LogP contribution >= 0.6 is 11.6 Å². The number of benzene rings is 3. The number of methoxy groups -OCH3 is 1. The lowest BCUT2D eigenvalue weighted by molar-refractivity contribution is -0.384. The molecule has 4 amide bonds. The Hall–Kier alpha value is -4.90. The van der Waals surface area contributed by atoms with E-state index in [9.17, 15) is 24.5 Å². The van der Waals surface area contributed by atoms with Crippen molar-refractivity contribution in [1.29, 1.82) is 0 Å². The minimum atomic E-state index is -0.730. The Morgan fingerprint density at radius 1 is 1.13 bits per heavy atom. The largest absolute Gasteiger partial charge is 0.493 e. The molecule has 1 saturated heterocycles. The first-order valence-electron chi connectivity index (χ1n) is 11.6. The zero-order valence-electron chi connectivity index (χ0n) is 20.9. The van der Waals surface area contributed by atoms with E-state index in [0.717, 1.165) is 10.5 Å². The van der Waals surface area contributed by atoms with Gasteiger partial charge in [-0.2, -0.15) is 0 Å². The van der Waals surface area contributed by atoms with Gasteiger partial charge in [-0.1, -0.05) is 29.3 Å². The normalized spacial score (nSPS) is 13.8. The molecule has 0 aromatic heterocycles. The smallest absolute Gasteiger partial charge is 0.329 e. The molecule has 2 N–H and O–H groups in total. The number of ether oxygens (including phenoxy) is 2. The molecule has 3 aromatic carbocycles. The van der Waals surface area contributed by atoms with Gasteiger partial charge in [0.15, 0.2) is 11.5 Å². The highest BCUT2D eigenvalue weighted by Crippen LogP contribution is 2.37. The predicted octanol–water partition coefficient (Wildman–Crippen LogP) is 4.68. The fraction of sp³-hybridized carbons (Fsp3) is 0.148. The Labute approximate surface area is 228 Å². The molecule has 0 atom stereocenters. The van der Waals surface area contributed by atoms with Crippen LogP contribution in [0.4, 0.5) is 16.2 Å². The van der Waals surface area contributed by atoms with Gasteiger partial charge < -0.3 is 20.1 Å². The molecule has 200 valence electrons. The molecule has 1 heterocycles. The highest BCUT2D eigenvalue weighted by Gasteiger charge is 2.35. The Balaban J connectivity index is 1.45. The zero-order chi connectivity index (χ0) is 28.1. The number of urea groups is 1. The molecule has 3 aromatic rings. The molecule has 4 rings (SSSR count). The van der Waals surface area contributed by atoms with Crippen molar-refractivity contribution in [2.45, 2.75) is 13.5 Å². The number of anilines is 1. The summed E-state index contributed by atoms with van der Waals surface area (Å²) in [5, 5.41) is 16.1. The van der Waals surface area contributed by atoms with Crippen LogP contribution in [0.5, 0.6) is 11.5 Å². The van der Waals surface area contributed by atoms with Crippen molar-refractivity contribution < 1.29 is 28.8 Å². The molecule has 1 fully saturated rings. The highest BCUT2D eigenvalue weighted by molar-refractivity contribution is 6.32. The molecule has 1 aliphatic rings. The van der Waals surface area contributed by atoms with E-state index in [4.69, 9.17) is 21.1 Å². The summed E-state index contributed by atoms with van der Waals surface area (Å²) in [6.07, 6.45) is 1.41. The lowest BCUT2D eigenvalue weighted by atomic mass is 10.1. The van der Waals surface area contributed by atoms with Gasteiger partial charge in [0.2, 0.25) is 5.91 Å². The monoisotopic (exact) mass is 550 g/mol. The zero-order valence-corrected chi connectivity index (χ0v) is 21.7. The minimum absolute atomic E-state index is 0.0363. The number of nitrogens with one attached hydrogen (secondary N) is 2. The third-order valence-electron chi connectivity index (χ3n) is 5.69. The number of amides is 4. The molecule has 0 radical (unpaired) electrons. The lowest BCUT2D eigenvalue weighted by Crippen LogP contribution is -2.38. The lowest BCUT2D eigenvalue weighted by Gasteiger charge is -2.14. The third kappa shape index (κ3) is 6.51. The summed E-state index contributed by atoms with van der Waals surface area (Å²) in [7, 11) is 1.41. The van der Waals surface area contributed by atoms with Gasteiger partial charge >= 0.3 is 6.03 Å². The van der Waals surface area contributed by atoms with E-state index in [1.54, 1.807) is 30.3 Å². The van der Waals surface area contributed by atoms with Gasteiger partial charge in [0, 0.05) is 17.8 Å². The fourth-order valence-electron chi connectivity index (χ4n) is 3.70. The fourth-order valence-corrected chi connectivity index (χ4v) is 3.97. The molecule has 0 bridgehead atoms. The summed E-state index contributed by atoms with van der Waals surface area (Å²) < 4.78 is 11.2. The number of nitro groups is 1. The molecule has 0 spiro atoms. The van der Waals surface area contributed by atoms with Crippen molar-refractivity contribution >= 4 is 46.9 Å². The van der Waals surface area contributed by atoms with Gasteiger partial charge in [0.1, 0.15) is 18.8 Å². The third-order valence-corrected chi connectivity index (χ3v) is 5.97. The van der Waals surface area contributed by atoms with Crippen LogP contribution in [0, 0.1) is 17.0 Å². The van der Waals surface area contributed by atoms with Crippen molar-refractivity contribution in [2.75, 3.05) is 19.0 Å². The Morgan fingerprint density at radius 2 is 1.82 bits per heavy atom. The first-order chi connectivity index (χ1) is 18.6. The number of rotatable bonds is 9. The Kier molecular flexibility index (Phi) is 8.11. The van der Waals surface area contributed by atoms with E-state index in [2.05, 4.69) is 10.6 Å². The summed E-state index contributed by atoms with van der Waals surface area (Å²) in [5.41, 5.74) is 2.61. The minimum Gasteiger partial charge on any atom is -0.493 e. The van der Waals surface area contributed by atoms with Crippen LogP contribution in [-0.4, -0.2) is 41.3 Å². The predicted molar refractivity (Wildman–Crippen MR) is 143 cm³/mol. The van der Waals surface area contributed by atoms with Crippen molar-refractivity contribution in [2.24, 2.45) is 0 Å². The van der Waals surface area contributed by atoms with Crippen LogP contribution in [0.25, 0.3) is 6.08 Å². The summed E-state index contributed by atoms with van der Waals surface area (Å²) >= 11 is 6.42. The standard InChI is InChI=1S/C27H23ClN4O7/c1-16-3-7-19(8-4-16)29-24(33)14-31-26(34)22(30-27(31)35)12-18-11-21(28)25(23(13-18)38-2)39-15-17-5-9-20(10-6-17)32(36)37/h3-13H,14-15H2,1-2H3,(H,29,33)(H,30,35)/b22-12+. The molecular weight excluding hydrogens is 528 g/mol. The number of hydrogen-bond donors (Lipinski definition) is 2. The van der Waals surface area contributed by atoms with Crippen LogP contribution in [0.3, 0.4) is 0 Å².